The second-order valence-corrected chi connectivity index (χ2v) is 11.8. The fourth-order valence-electron chi connectivity index (χ4n) is 4.71. The van der Waals surface area contributed by atoms with Gasteiger partial charge in [0.25, 0.3) is 10.0 Å². The lowest BCUT2D eigenvalue weighted by Gasteiger charge is -2.36. The maximum absolute atomic E-state index is 13.6. The summed E-state index contributed by atoms with van der Waals surface area (Å²) in [6, 6.07) is 12.7. The fourth-order valence-corrected chi connectivity index (χ4v) is 7.57. The van der Waals surface area contributed by atoms with Crippen LogP contribution < -0.4 is 9.04 Å². The number of aliphatic hydroxyl groups excluding tert-OH is 1. The van der Waals surface area contributed by atoms with E-state index in [0.717, 1.165) is 54.9 Å². The summed E-state index contributed by atoms with van der Waals surface area (Å²) in [5.41, 5.74) is 3.12. The van der Waals surface area contributed by atoms with E-state index in [1.54, 1.807) is 28.6 Å². The molecule has 5 nitrogen and oxygen atoms in total. The zero-order valence-electron chi connectivity index (χ0n) is 18.9. The molecule has 1 fully saturated rings. The molecule has 2 aromatic rings. The van der Waals surface area contributed by atoms with Crippen LogP contribution >= 0.6 is 11.8 Å². The number of sulfonamides is 1. The molecule has 1 N–H and O–H groups in total. The Labute approximate surface area is 196 Å². The first-order valence-corrected chi connectivity index (χ1v) is 14.1. The minimum Gasteiger partial charge on any atom is -0.488 e. The Morgan fingerprint density at radius 2 is 1.84 bits per heavy atom. The largest absolute Gasteiger partial charge is 0.488 e. The topological polar surface area (TPSA) is 66.8 Å². The van der Waals surface area contributed by atoms with Gasteiger partial charge in [-0.25, -0.2) is 8.42 Å². The predicted octanol–water partition coefficient (Wildman–Crippen LogP) is 4.66. The monoisotopic (exact) mass is 475 g/mol. The van der Waals surface area contributed by atoms with Crippen LogP contribution in [0.3, 0.4) is 0 Å². The van der Waals surface area contributed by atoms with Gasteiger partial charge in [0.2, 0.25) is 0 Å². The molecular formula is C25H33NO4S2. The Hall–Kier alpha value is -1.70. The van der Waals surface area contributed by atoms with E-state index in [9.17, 15) is 13.5 Å². The highest BCUT2D eigenvalue weighted by molar-refractivity contribution is 7.99. The molecular weight excluding hydrogens is 442 g/mol. The van der Waals surface area contributed by atoms with Crippen molar-refractivity contribution in [3.8, 4) is 5.75 Å². The predicted molar refractivity (Wildman–Crippen MR) is 131 cm³/mol. The Morgan fingerprint density at radius 1 is 1.12 bits per heavy atom. The van der Waals surface area contributed by atoms with E-state index >= 15 is 0 Å². The number of benzene rings is 2. The van der Waals surface area contributed by atoms with Gasteiger partial charge in [-0.3, -0.25) is 4.31 Å². The van der Waals surface area contributed by atoms with Gasteiger partial charge in [0.1, 0.15) is 11.9 Å². The van der Waals surface area contributed by atoms with Crippen LogP contribution in [0.25, 0.3) is 0 Å². The molecule has 0 spiro atoms. The van der Waals surface area contributed by atoms with Crippen LogP contribution in [0.1, 0.15) is 44.2 Å². The number of ether oxygens (including phenoxy) is 1. The minimum atomic E-state index is -3.69. The van der Waals surface area contributed by atoms with Crippen molar-refractivity contribution in [2.45, 2.75) is 63.0 Å². The van der Waals surface area contributed by atoms with E-state index in [0.29, 0.717) is 11.7 Å². The normalized spacial score (nSPS) is 20.6. The zero-order valence-corrected chi connectivity index (χ0v) is 20.5. The van der Waals surface area contributed by atoms with E-state index in [1.165, 1.54) is 5.56 Å². The SMILES string of the molecule is CCc1ccc2c(c1)CC[C@@H](C)N2S(=O)(=O)c1ccc(O[C@H](CO)C2CCSCC2)cc1. The third-order valence-corrected chi connectivity index (χ3v) is 9.65. The summed E-state index contributed by atoms with van der Waals surface area (Å²) in [5.74, 6) is 3.12. The Balaban J connectivity index is 1.56. The highest BCUT2D eigenvalue weighted by atomic mass is 32.2. The molecule has 2 heterocycles. The molecule has 0 radical (unpaired) electrons. The molecule has 174 valence electrons. The van der Waals surface area contributed by atoms with Gasteiger partial charge in [0.05, 0.1) is 17.2 Å². The van der Waals surface area contributed by atoms with Gasteiger partial charge in [0.15, 0.2) is 0 Å². The van der Waals surface area contributed by atoms with Gasteiger partial charge in [-0.05, 0) is 97.9 Å². The average molecular weight is 476 g/mol. The summed E-state index contributed by atoms with van der Waals surface area (Å²) < 4.78 is 34.8. The highest BCUT2D eigenvalue weighted by Crippen LogP contribution is 2.36. The van der Waals surface area contributed by atoms with Crippen LogP contribution in [0.15, 0.2) is 47.4 Å². The lowest BCUT2D eigenvalue weighted by atomic mass is 9.96. The molecule has 0 aromatic heterocycles. The van der Waals surface area contributed by atoms with Crippen molar-refractivity contribution in [3.05, 3.63) is 53.6 Å². The maximum Gasteiger partial charge on any atom is 0.264 e. The summed E-state index contributed by atoms with van der Waals surface area (Å²) in [6.45, 7) is 4.05. The van der Waals surface area contributed by atoms with Gasteiger partial charge >= 0.3 is 0 Å². The highest BCUT2D eigenvalue weighted by Gasteiger charge is 2.34. The van der Waals surface area contributed by atoms with Gasteiger partial charge in [0, 0.05) is 6.04 Å². The summed E-state index contributed by atoms with van der Waals surface area (Å²) in [5, 5.41) is 9.82. The Kier molecular flexibility index (Phi) is 7.37. The fraction of sp³-hybridized carbons (Fsp3) is 0.520. The van der Waals surface area contributed by atoms with Gasteiger partial charge in [-0.1, -0.05) is 19.1 Å². The van der Waals surface area contributed by atoms with Crippen molar-refractivity contribution in [1.82, 2.24) is 0 Å². The molecule has 0 unspecified atom stereocenters. The molecule has 0 saturated carbocycles. The zero-order chi connectivity index (χ0) is 22.7. The molecule has 2 aliphatic rings. The minimum absolute atomic E-state index is 0.0305. The van der Waals surface area contributed by atoms with Crippen LogP contribution in [0.5, 0.6) is 5.75 Å². The summed E-state index contributed by atoms with van der Waals surface area (Å²) in [6.07, 6.45) is 4.46. The Bertz CT molecular complexity index is 1020. The third kappa shape index (κ3) is 4.80. The molecule has 1 saturated heterocycles. The van der Waals surface area contributed by atoms with Crippen molar-refractivity contribution in [1.29, 1.82) is 0 Å². The molecule has 2 aliphatic heterocycles. The van der Waals surface area contributed by atoms with E-state index in [4.69, 9.17) is 4.74 Å². The number of fused-ring (bicyclic) bond motifs is 1. The van der Waals surface area contributed by atoms with Crippen LogP contribution in [-0.4, -0.2) is 43.8 Å². The molecule has 2 aromatic carbocycles. The van der Waals surface area contributed by atoms with E-state index in [1.807, 2.05) is 30.8 Å². The maximum atomic E-state index is 13.6. The number of thioether (sulfide) groups is 1. The number of anilines is 1. The molecule has 32 heavy (non-hydrogen) atoms. The number of aliphatic hydroxyl groups is 1. The van der Waals surface area contributed by atoms with Crippen molar-refractivity contribution < 1.29 is 18.3 Å². The molecule has 2 atom stereocenters. The van der Waals surface area contributed by atoms with Crippen molar-refractivity contribution in [2.75, 3.05) is 22.4 Å². The Morgan fingerprint density at radius 3 is 2.50 bits per heavy atom. The first-order valence-electron chi connectivity index (χ1n) is 11.6. The lowest BCUT2D eigenvalue weighted by Crippen LogP contribution is -2.42. The van der Waals surface area contributed by atoms with E-state index < -0.39 is 10.0 Å². The lowest BCUT2D eigenvalue weighted by molar-refractivity contribution is 0.0638. The first kappa shape index (κ1) is 23.5. The molecule has 0 amide bonds. The summed E-state index contributed by atoms with van der Waals surface area (Å²) in [7, 11) is -3.69. The van der Waals surface area contributed by atoms with Crippen LogP contribution in [-0.2, 0) is 22.9 Å². The number of hydrogen-bond acceptors (Lipinski definition) is 5. The summed E-state index contributed by atoms with van der Waals surface area (Å²) in [4.78, 5) is 0.263. The standard InChI is InChI=1S/C25H33NO4S2/c1-3-19-5-11-24-21(16-19)6-4-18(2)26(24)32(28,29)23-9-7-22(8-10-23)30-25(17-27)20-12-14-31-15-13-20/h5,7-11,16,18,20,25,27H,3-4,6,12-15,17H2,1-2H3/t18-,25-/m1/s1. The van der Waals surface area contributed by atoms with Gasteiger partial charge in [-0.15, -0.1) is 0 Å². The molecule has 0 bridgehead atoms. The molecule has 4 rings (SSSR count). The van der Waals surface area contributed by atoms with Gasteiger partial charge in [-0.2, -0.15) is 11.8 Å². The number of nitrogens with zero attached hydrogens (tertiary/aromatic N) is 1. The summed E-state index contributed by atoms with van der Waals surface area (Å²) >= 11 is 1.94. The van der Waals surface area contributed by atoms with Crippen molar-refractivity contribution in [3.63, 3.8) is 0 Å². The van der Waals surface area contributed by atoms with E-state index in [2.05, 4.69) is 13.0 Å². The quantitative estimate of drug-likeness (QED) is 0.631. The van der Waals surface area contributed by atoms with Crippen molar-refractivity contribution in [2.24, 2.45) is 5.92 Å². The van der Waals surface area contributed by atoms with Crippen LogP contribution in [0, 0.1) is 5.92 Å². The molecule has 7 heteroatoms. The number of hydrogen-bond donors (Lipinski definition) is 1. The second-order valence-electron chi connectivity index (χ2n) is 8.77. The molecule has 0 aliphatic carbocycles. The van der Waals surface area contributed by atoms with E-state index in [-0.39, 0.29) is 23.6 Å². The third-order valence-electron chi connectivity index (χ3n) is 6.66. The number of rotatable bonds is 7. The second kappa shape index (κ2) is 10.1. The van der Waals surface area contributed by atoms with Crippen LogP contribution in [0.4, 0.5) is 5.69 Å². The van der Waals surface area contributed by atoms with Crippen LogP contribution in [0.2, 0.25) is 0 Å². The number of aryl methyl sites for hydroxylation is 2. The van der Waals surface area contributed by atoms with Gasteiger partial charge < -0.3 is 9.84 Å². The van der Waals surface area contributed by atoms with Crippen molar-refractivity contribution >= 4 is 27.5 Å². The average Bonchev–Trinajstić information content (AvgIpc) is 2.82. The first-order chi connectivity index (χ1) is 15.4. The smallest absolute Gasteiger partial charge is 0.264 e.